The molecule has 122 valence electrons. The molecule has 2 amide bonds. The van der Waals surface area contributed by atoms with E-state index in [1.165, 1.54) is 0 Å². The number of nitrogens with zero attached hydrogens (tertiary/aromatic N) is 1. The summed E-state index contributed by atoms with van der Waals surface area (Å²) in [5, 5.41) is 3.36. The number of primary amides is 1. The number of amides is 2. The van der Waals surface area contributed by atoms with Crippen molar-refractivity contribution in [2.24, 2.45) is 11.7 Å². The van der Waals surface area contributed by atoms with Crippen molar-refractivity contribution >= 4 is 24.2 Å². The first-order valence-electron chi connectivity index (χ1n) is 7.51. The SMILES string of the molecule is CCNCC1CCN(C(=O)c2cccc(C(N)=O)c2)CC1.Cl. The normalized spacial score (nSPS) is 15.2. The van der Waals surface area contributed by atoms with Crippen molar-refractivity contribution < 1.29 is 9.59 Å². The van der Waals surface area contributed by atoms with Crippen LogP contribution in [0.2, 0.25) is 0 Å². The molecule has 22 heavy (non-hydrogen) atoms. The molecule has 0 atom stereocenters. The Labute approximate surface area is 137 Å². The minimum absolute atomic E-state index is 0. The molecule has 1 heterocycles. The van der Waals surface area contributed by atoms with Crippen molar-refractivity contribution in [3.63, 3.8) is 0 Å². The predicted octanol–water partition coefficient (Wildman–Crippen LogP) is 1.67. The van der Waals surface area contributed by atoms with Crippen LogP contribution in [0.3, 0.4) is 0 Å². The topological polar surface area (TPSA) is 75.4 Å². The molecule has 1 saturated heterocycles. The van der Waals surface area contributed by atoms with E-state index < -0.39 is 5.91 Å². The van der Waals surface area contributed by atoms with Crippen molar-refractivity contribution in [3.8, 4) is 0 Å². The summed E-state index contributed by atoms with van der Waals surface area (Å²) in [5.41, 5.74) is 6.17. The summed E-state index contributed by atoms with van der Waals surface area (Å²) >= 11 is 0. The molecule has 3 N–H and O–H groups in total. The van der Waals surface area contributed by atoms with Crippen LogP contribution in [0.25, 0.3) is 0 Å². The van der Waals surface area contributed by atoms with E-state index in [0.717, 1.165) is 39.0 Å². The van der Waals surface area contributed by atoms with E-state index in [2.05, 4.69) is 12.2 Å². The fraction of sp³-hybridized carbons (Fsp3) is 0.500. The number of hydrogen-bond donors (Lipinski definition) is 2. The molecule has 1 aromatic rings. The molecular formula is C16H24ClN3O2. The van der Waals surface area contributed by atoms with Gasteiger partial charge in [-0.15, -0.1) is 12.4 Å². The first kappa shape index (κ1) is 18.5. The summed E-state index contributed by atoms with van der Waals surface area (Å²) in [7, 11) is 0. The molecule has 0 spiro atoms. The molecule has 0 saturated carbocycles. The number of carbonyl (C=O) groups excluding carboxylic acids is 2. The van der Waals surface area contributed by atoms with Crippen LogP contribution in [0.15, 0.2) is 24.3 Å². The van der Waals surface area contributed by atoms with Crippen LogP contribution in [-0.4, -0.2) is 42.9 Å². The Morgan fingerprint density at radius 1 is 1.27 bits per heavy atom. The fourth-order valence-corrected chi connectivity index (χ4v) is 2.68. The van der Waals surface area contributed by atoms with E-state index in [1.54, 1.807) is 24.3 Å². The van der Waals surface area contributed by atoms with Crippen LogP contribution in [0, 0.1) is 5.92 Å². The van der Waals surface area contributed by atoms with Gasteiger partial charge < -0.3 is 16.0 Å². The third-order valence-corrected chi connectivity index (χ3v) is 3.98. The summed E-state index contributed by atoms with van der Waals surface area (Å²) in [4.78, 5) is 25.5. The van der Waals surface area contributed by atoms with Gasteiger partial charge in [-0.05, 0) is 50.0 Å². The van der Waals surface area contributed by atoms with Crippen molar-refractivity contribution in [2.75, 3.05) is 26.2 Å². The third-order valence-electron chi connectivity index (χ3n) is 3.98. The van der Waals surface area contributed by atoms with Gasteiger partial charge in [-0.1, -0.05) is 13.0 Å². The Morgan fingerprint density at radius 3 is 2.50 bits per heavy atom. The van der Waals surface area contributed by atoms with Gasteiger partial charge in [0.15, 0.2) is 0 Å². The van der Waals surface area contributed by atoms with Crippen LogP contribution in [0.4, 0.5) is 0 Å². The first-order chi connectivity index (χ1) is 10.1. The van der Waals surface area contributed by atoms with Crippen molar-refractivity contribution in [1.82, 2.24) is 10.2 Å². The number of nitrogens with one attached hydrogen (secondary N) is 1. The Balaban J connectivity index is 0.00000242. The van der Waals surface area contributed by atoms with Crippen LogP contribution in [-0.2, 0) is 0 Å². The van der Waals surface area contributed by atoms with Gasteiger partial charge in [0.05, 0.1) is 0 Å². The average molecular weight is 326 g/mol. The van der Waals surface area contributed by atoms with Crippen molar-refractivity contribution in [2.45, 2.75) is 19.8 Å². The summed E-state index contributed by atoms with van der Waals surface area (Å²) < 4.78 is 0. The lowest BCUT2D eigenvalue weighted by Crippen LogP contribution is -2.40. The number of hydrogen-bond acceptors (Lipinski definition) is 3. The molecular weight excluding hydrogens is 302 g/mol. The number of piperidine rings is 1. The second-order valence-electron chi connectivity index (χ2n) is 5.49. The number of nitrogens with two attached hydrogens (primary N) is 1. The molecule has 1 aromatic carbocycles. The van der Waals surface area contributed by atoms with E-state index >= 15 is 0 Å². The highest BCUT2D eigenvalue weighted by Gasteiger charge is 2.23. The molecule has 0 bridgehead atoms. The zero-order chi connectivity index (χ0) is 15.2. The number of halogens is 1. The largest absolute Gasteiger partial charge is 0.366 e. The highest BCUT2D eigenvalue weighted by atomic mass is 35.5. The van der Waals surface area contributed by atoms with E-state index in [-0.39, 0.29) is 18.3 Å². The van der Waals surface area contributed by atoms with Gasteiger partial charge >= 0.3 is 0 Å². The predicted molar refractivity (Wildman–Crippen MR) is 89.4 cm³/mol. The molecule has 1 fully saturated rings. The lowest BCUT2D eigenvalue weighted by Gasteiger charge is -2.32. The quantitative estimate of drug-likeness (QED) is 0.864. The summed E-state index contributed by atoms with van der Waals surface area (Å²) in [6.07, 6.45) is 2.04. The van der Waals surface area contributed by atoms with Crippen LogP contribution < -0.4 is 11.1 Å². The fourth-order valence-electron chi connectivity index (χ4n) is 2.68. The van der Waals surface area contributed by atoms with E-state index in [1.807, 2.05) is 4.90 Å². The molecule has 0 aromatic heterocycles. The molecule has 0 aliphatic carbocycles. The van der Waals surface area contributed by atoms with Gasteiger partial charge in [0.2, 0.25) is 5.91 Å². The standard InChI is InChI=1S/C16H23N3O2.ClH/c1-2-18-11-12-6-8-19(9-7-12)16(21)14-5-3-4-13(10-14)15(17)20;/h3-5,10,12,18H,2,6-9,11H2,1H3,(H2,17,20);1H. The summed E-state index contributed by atoms with van der Waals surface area (Å²) in [6, 6.07) is 6.64. The maximum Gasteiger partial charge on any atom is 0.253 e. The molecule has 0 radical (unpaired) electrons. The number of carbonyl (C=O) groups is 2. The minimum atomic E-state index is -0.506. The molecule has 5 nitrogen and oxygen atoms in total. The second-order valence-corrected chi connectivity index (χ2v) is 5.49. The van der Waals surface area contributed by atoms with Gasteiger partial charge in [-0.3, -0.25) is 9.59 Å². The van der Waals surface area contributed by atoms with Gasteiger partial charge in [0, 0.05) is 24.2 Å². The monoisotopic (exact) mass is 325 g/mol. The molecule has 6 heteroatoms. The van der Waals surface area contributed by atoms with Gasteiger partial charge in [-0.25, -0.2) is 0 Å². The highest BCUT2D eigenvalue weighted by molar-refractivity contribution is 5.99. The molecule has 0 unspecified atom stereocenters. The van der Waals surface area contributed by atoms with E-state index in [9.17, 15) is 9.59 Å². The maximum absolute atomic E-state index is 12.5. The smallest absolute Gasteiger partial charge is 0.253 e. The zero-order valence-corrected chi connectivity index (χ0v) is 13.7. The molecule has 2 rings (SSSR count). The van der Waals surface area contributed by atoms with E-state index in [0.29, 0.717) is 17.0 Å². The third kappa shape index (κ3) is 4.71. The summed E-state index contributed by atoms with van der Waals surface area (Å²) in [6.45, 7) is 5.66. The Kier molecular flexibility index (Phi) is 7.35. The second kappa shape index (κ2) is 8.76. The highest BCUT2D eigenvalue weighted by Crippen LogP contribution is 2.19. The van der Waals surface area contributed by atoms with Gasteiger partial charge in [0.25, 0.3) is 5.91 Å². The van der Waals surface area contributed by atoms with Crippen molar-refractivity contribution in [1.29, 1.82) is 0 Å². The molecule has 1 aliphatic rings. The lowest BCUT2D eigenvalue weighted by atomic mass is 9.96. The van der Waals surface area contributed by atoms with Gasteiger partial charge in [-0.2, -0.15) is 0 Å². The Hall–Kier alpha value is -1.59. The Morgan fingerprint density at radius 2 is 1.91 bits per heavy atom. The average Bonchev–Trinajstić information content (AvgIpc) is 2.53. The minimum Gasteiger partial charge on any atom is -0.366 e. The number of likely N-dealkylation sites (tertiary alicyclic amines) is 1. The van der Waals surface area contributed by atoms with Crippen LogP contribution in [0.1, 0.15) is 40.5 Å². The lowest BCUT2D eigenvalue weighted by molar-refractivity contribution is 0.0690. The van der Waals surface area contributed by atoms with Crippen LogP contribution in [0.5, 0.6) is 0 Å². The number of rotatable bonds is 5. The zero-order valence-electron chi connectivity index (χ0n) is 12.9. The van der Waals surface area contributed by atoms with Gasteiger partial charge in [0.1, 0.15) is 0 Å². The Bertz CT molecular complexity index is 514. The maximum atomic E-state index is 12.5. The molecule has 1 aliphatic heterocycles. The van der Waals surface area contributed by atoms with Crippen molar-refractivity contribution in [3.05, 3.63) is 35.4 Å². The number of benzene rings is 1. The van der Waals surface area contributed by atoms with Crippen LogP contribution >= 0.6 is 12.4 Å². The first-order valence-corrected chi connectivity index (χ1v) is 7.51. The summed E-state index contributed by atoms with van der Waals surface area (Å²) in [5.74, 6) is 0.125. The van der Waals surface area contributed by atoms with E-state index in [4.69, 9.17) is 5.73 Å².